The van der Waals surface area contributed by atoms with Gasteiger partial charge in [-0.25, -0.2) is 19.3 Å². The molecule has 0 amide bonds. The van der Waals surface area contributed by atoms with E-state index < -0.39 is 5.82 Å². The van der Waals surface area contributed by atoms with E-state index in [1.165, 1.54) is 32.1 Å². The van der Waals surface area contributed by atoms with Gasteiger partial charge in [0.2, 0.25) is 0 Å². The van der Waals surface area contributed by atoms with Gasteiger partial charge in [-0.2, -0.15) is 5.10 Å². The van der Waals surface area contributed by atoms with Crippen molar-refractivity contribution < 1.29 is 13.9 Å². The van der Waals surface area contributed by atoms with Gasteiger partial charge in [0, 0.05) is 47.9 Å². The number of nitrogens with zero attached hydrogens (tertiary/aromatic N) is 6. The summed E-state index contributed by atoms with van der Waals surface area (Å²) in [6, 6.07) is 10.4. The molecule has 1 fully saturated rings. The van der Waals surface area contributed by atoms with Gasteiger partial charge >= 0.3 is 0 Å². The van der Waals surface area contributed by atoms with Crippen LogP contribution < -0.4 is 9.47 Å². The number of rotatable bonds is 8. The number of nitrogens with one attached hydrogen (secondary N) is 2. The van der Waals surface area contributed by atoms with Crippen LogP contribution in [0.25, 0.3) is 56.0 Å². The number of methoxy groups -OCH3 is 1. The molecule has 1 aliphatic heterocycles. The van der Waals surface area contributed by atoms with Crippen molar-refractivity contribution in [2.75, 3.05) is 33.4 Å². The van der Waals surface area contributed by atoms with Crippen molar-refractivity contribution in [3.05, 3.63) is 67.0 Å². The average molecular weight is 551 g/mol. The Morgan fingerprint density at radius 1 is 0.927 bits per heavy atom. The lowest BCUT2D eigenvalue weighted by Crippen LogP contribution is -2.25. The Labute approximate surface area is 234 Å². The van der Waals surface area contributed by atoms with Crippen LogP contribution >= 0.6 is 0 Å². The number of aromatic amines is 2. The second-order valence-corrected chi connectivity index (χ2v) is 10.0. The molecule has 7 rings (SSSR count). The lowest BCUT2D eigenvalue weighted by Gasteiger charge is -2.15. The molecule has 0 bridgehead atoms. The largest absolute Gasteiger partial charge is 0.497 e. The van der Waals surface area contributed by atoms with Crippen LogP contribution in [-0.2, 0) is 0 Å². The molecular formula is C30H27FN8O2. The fourth-order valence-electron chi connectivity index (χ4n) is 5.30. The van der Waals surface area contributed by atoms with Crippen molar-refractivity contribution in [2.24, 2.45) is 0 Å². The van der Waals surface area contributed by atoms with Crippen LogP contribution in [0.2, 0.25) is 0 Å². The Morgan fingerprint density at radius 2 is 1.78 bits per heavy atom. The minimum Gasteiger partial charge on any atom is -0.497 e. The smallest absolute Gasteiger partial charge is 0.181 e. The van der Waals surface area contributed by atoms with Crippen LogP contribution in [0.15, 0.2) is 61.2 Å². The first-order valence-corrected chi connectivity index (χ1v) is 13.5. The quantitative estimate of drug-likeness (QED) is 0.264. The highest BCUT2D eigenvalue weighted by Crippen LogP contribution is 2.33. The highest BCUT2D eigenvalue weighted by Gasteiger charge is 2.18. The fourth-order valence-corrected chi connectivity index (χ4v) is 5.30. The topological polar surface area (TPSA) is 118 Å². The normalized spacial score (nSPS) is 13.8. The van der Waals surface area contributed by atoms with Crippen molar-refractivity contribution in [3.8, 4) is 45.3 Å². The fraction of sp³-hybridized carbons (Fsp3) is 0.233. The summed E-state index contributed by atoms with van der Waals surface area (Å²) < 4.78 is 25.5. The molecule has 2 N–H and O–H groups in total. The predicted octanol–water partition coefficient (Wildman–Crippen LogP) is 5.25. The third kappa shape index (κ3) is 4.95. The van der Waals surface area contributed by atoms with Crippen molar-refractivity contribution in [2.45, 2.75) is 12.8 Å². The van der Waals surface area contributed by atoms with Crippen LogP contribution in [0.3, 0.4) is 0 Å². The standard InChI is InChI=1S/C30H27FN8O2/c1-40-22-11-18(10-21(31)14-22)24-4-5-33-29-26(24)35-30(36-29)27-25-13-20(16-34-28(25)38-37-27)19-12-23(17-32-15-19)41-9-8-39-6-2-3-7-39/h4-5,10-17H,2-3,6-9H2,1H3,(H,33,35,36)(H,34,37,38). The number of imidazole rings is 1. The average Bonchev–Trinajstić information content (AvgIpc) is 3.76. The number of hydrogen-bond donors (Lipinski definition) is 2. The van der Waals surface area contributed by atoms with E-state index in [0.717, 1.165) is 47.5 Å². The summed E-state index contributed by atoms with van der Waals surface area (Å²) >= 11 is 0. The van der Waals surface area contributed by atoms with E-state index in [9.17, 15) is 4.39 Å². The maximum atomic E-state index is 14.3. The molecule has 1 saturated heterocycles. The molecule has 1 aliphatic rings. The summed E-state index contributed by atoms with van der Waals surface area (Å²) in [7, 11) is 1.51. The second kappa shape index (κ2) is 10.6. The minimum atomic E-state index is -0.391. The van der Waals surface area contributed by atoms with E-state index in [1.54, 1.807) is 30.9 Å². The van der Waals surface area contributed by atoms with Crippen LogP contribution in [0, 0.1) is 5.82 Å². The molecule has 0 aliphatic carbocycles. The van der Waals surface area contributed by atoms with Crippen LogP contribution in [-0.4, -0.2) is 73.4 Å². The van der Waals surface area contributed by atoms with Gasteiger partial charge in [-0.1, -0.05) is 0 Å². The predicted molar refractivity (Wildman–Crippen MR) is 153 cm³/mol. The Hall–Kier alpha value is -4.90. The van der Waals surface area contributed by atoms with Crippen LogP contribution in [0.4, 0.5) is 4.39 Å². The molecule has 0 spiro atoms. The highest BCUT2D eigenvalue weighted by atomic mass is 19.1. The van der Waals surface area contributed by atoms with Crippen LogP contribution in [0.1, 0.15) is 12.8 Å². The van der Waals surface area contributed by atoms with Gasteiger partial charge in [0.15, 0.2) is 17.1 Å². The molecule has 5 aromatic heterocycles. The van der Waals surface area contributed by atoms with Gasteiger partial charge < -0.3 is 14.5 Å². The maximum absolute atomic E-state index is 14.3. The van der Waals surface area contributed by atoms with Crippen molar-refractivity contribution in [1.29, 1.82) is 0 Å². The molecule has 6 aromatic rings. The molecule has 0 unspecified atom stereocenters. The summed E-state index contributed by atoms with van der Waals surface area (Å²) in [6.45, 7) is 3.82. The van der Waals surface area contributed by atoms with E-state index in [4.69, 9.17) is 14.5 Å². The number of aromatic nitrogens is 7. The highest BCUT2D eigenvalue weighted by molar-refractivity contribution is 5.96. The molecule has 41 heavy (non-hydrogen) atoms. The zero-order valence-corrected chi connectivity index (χ0v) is 22.4. The number of fused-ring (bicyclic) bond motifs is 2. The SMILES string of the molecule is COc1cc(F)cc(-c2ccnc3nc(-c4[nH]nc5ncc(-c6cncc(OCCN7CCCC7)c6)cc45)[nH]c23)c1. The summed E-state index contributed by atoms with van der Waals surface area (Å²) in [4.78, 5) is 23.9. The van der Waals surface area contributed by atoms with Crippen molar-refractivity contribution >= 4 is 22.2 Å². The number of benzene rings is 1. The molecule has 0 atom stereocenters. The van der Waals surface area contributed by atoms with E-state index in [-0.39, 0.29) is 0 Å². The molecule has 0 radical (unpaired) electrons. The van der Waals surface area contributed by atoms with Gasteiger partial charge in [0.05, 0.1) is 24.2 Å². The van der Waals surface area contributed by atoms with E-state index in [1.807, 2.05) is 18.2 Å². The molecule has 6 heterocycles. The number of hydrogen-bond acceptors (Lipinski definition) is 8. The van der Waals surface area contributed by atoms with Gasteiger partial charge in [-0.15, -0.1) is 0 Å². The monoisotopic (exact) mass is 550 g/mol. The maximum Gasteiger partial charge on any atom is 0.181 e. The Balaban J connectivity index is 1.21. The lowest BCUT2D eigenvalue weighted by atomic mass is 10.1. The third-order valence-corrected chi connectivity index (χ3v) is 7.38. The Kier molecular flexibility index (Phi) is 6.48. The number of ether oxygens (including phenoxy) is 2. The zero-order valence-electron chi connectivity index (χ0n) is 22.4. The number of halogens is 1. The number of likely N-dealkylation sites (tertiary alicyclic amines) is 1. The molecule has 10 nitrogen and oxygen atoms in total. The Bertz CT molecular complexity index is 1860. The van der Waals surface area contributed by atoms with E-state index >= 15 is 0 Å². The lowest BCUT2D eigenvalue weighted by molar-refractivity contribution is 0.237. The first-order chi connectivity index (χ1) is 20.1. The van der Waals surface area contributed by atoms with Gasteiger partial charge in [0.1, 0.15) is 29.6 Å². The summed E-state index contributed by atoms with van der Waals surface area (Å²) in [5, 5.41) is 8.23. The summed E-state index contributed by atoms with van der Waals surface area (Å²) in [6.07, 6.45) is 9.47. The molecule has 0 saturated carbocycles. The first kappa shape index (κ1) is 25.1. The summed E-state index contributed by atoms with van der Waals surface area (Å²) in [5.74, 6) is 1.30. The van der Waals surface area contributed by atoms with E-state index in [2.05, 4.69) is 35.0 Å². The minimum absolute atomic E-state index is 0.391. The third-order valence-electron chi connectivity index (χ3n) is 7.38. The van der Waals surface area contributed by atoms with Gasteiger partial charge in [-0.05, 0) is 61.8 Å². The molecule has 11 heteroatoms. The van der Waals surface area contributed by atoms with E-state index in [0.29, 0.717) is 46.2 Å². The van der Waals surface area contributed by atoms with Gasteiger partial charge in [0.25, 0.3) is 0 Å². The molecular weight excluding hydrogens is 523 g/mol. The first-order valence-electron chi connectivity index (χ1n) is 13.5. The zero-order chi connectivity index (χ0) is 27.8. The number of pyridine rings is 3. The summed E-state index contributed by atoms with van der Waals surface area (Å²) in [5.41, 5.74) is 5.55. The van der Waals surface area contributed by atoms with Gasteiger partial charge in [-0.3, -0.25) is 15.0 Å². The van der Waals surface area contributed by atoms with Crippen molar-refractivity contribution in [1.82, 2.24) is 40.0 Å². The second-order valence-electron chi connectivity index (χ2n) is 10.0. The molecule has 1 aromatic carbocycles. The van der Waals surface area contributed by atoms with Crippen molar-refractivity contribution in [3.63, 3.8) is 0 Å². The van der Waals surface area contributed by atoms with Crippen LogP contribution in [0.5, 0.6) is 11.5 Å². The number of H-pyrrole nitrogens is 2. The molecule has 206 valence electrons. The Morgan fingerprint density at radius 3 is 2.66 bits per heavy atom.